The highest BCUT2D eigenvalue weighted by Gasteiger charge is 2.17. The Morgan fingerprint density at radius 1 is 1.07 bits per heavy atom. The molecule has 0 bridgehead atoms. The lowest BCUT2D eigenvalue weighted by Crippen LogP contribution is -2.23. The third kappa shape index (κ3) is 5.58. The molecule has 0 aliphatic heterocycles. The van der Waals surface area contributed by atoms with Crippen LogP contribution in [0.1, 0.15) is 43.1 Å². The number of hydrogen-bond donors (Lipinski definition) is 1. The maximum atomic E-state index is 12.1. The van der Waals surface area contributed by atoms with E-state index >= 15 is 0 Å². The molecule has 0 aliphatic carbocycles. The van der Waals surface area contributed by atoms with E-state index in [-0.39, 0.29) is 23.8 Å². The van der Waals surface area contributed by atoms with Crippen molar-refractivity contribution in [2.45, 2.75) is 32.6 Å². The zero-order valence-corrected chi connectivity index (χ0v) is 16.7. The summed E-state index contributed by atoms with van der Waals surface area (Å²) in [5.41, 5.74) is 2.44. The van der Waals surface area contributed by atoms with Gasteiger partial charge in [-0.15, -0.1) is 0 Å². The fraction of sp³-hybridized carbons (Fsp3) is 0.364. The van der Waals surface area contributed by atoms with E-state index < -0.39 is 0 Å². The molecule has 2 aromatic carbocycles. The minimum absolute atomic E-state index is 0.0949. The van der Waals surface area contributed by atoms with E-state index in [1.807, 2.05) is 24.3 Å². The summed E-state index contributed by atoms with van der Waals surface area (Å²) in [7, 11) is 3.38. The summed E-state index contributed by atoms with van der Waals surface area (Å²) in [4.78, 5) is 25.6. The zero-order chi connectivity index (χ0) is 20.0. The summed E-state index contributed by atoms with van der Waals surface area (Å²) in [5, 5.41) is 2.76. The van der Waals surface area contributed by atoms with Gasteiger partial charge in [-0.1, -0.05) is 39.0 Å². The van der Waals surface area contributed by atoms with Crippen molar-refractivity contribution < 1.29 is 14.3 Å². The fourth-order valence-electron chi connectivity index (χ4n) is 2.54. The Bertz CT molecular complexity index is 795. The number of nitrogens with one attached hydrogen (secondary N) is 1. The van der Waals surface area contributed by atoms with Crippen molar-refractivity contribution in [3.63, 3.8) is 0 Å². The minimum atomic E-state index is -0.276. The molecule has 144 valence electrons. The third-order valence-electron chi connectivity index (χ3n) is 4.69. The molecular formula is C22H28N2O3. The van der Waals surface area contributed by atoms with Crippen LogP contribution in [-0.2, 0) is 10.2 Å². The van der Waals surface area contributed by atoms with Crippen molar-refractivity contribution in [1.29, 1.82) is 0 Å². The molecule has 2 amide bonds. The maximum Gasteiger partial charge on any atom is 0.262 e. The first-order valence-corrected chi connectivity index (χ1v) is 9.08. The lowest BCUT2D eigenvalue weighted by Gasteiger charge is -2.23. The smallest absolute Gasteiger partial charge is 0.262 e. The normalized spacial score (nSPS) is 11.0. The Morgan fingerprint density at radius 2 is 1.74 bits per heavy atom. The number of carbonyl (C=O) groups is 2. The van der Waals surface area contributed by atoms with Gasteiger partial charge in [-0.05, 0) is 47.7 Å². The molecule has 0 spiro atoms. The van der Waals surface area contributed by atoms with Crippen molar-refractivity contribution in [3.8, 4) is 5.75 Å². The quantitative estimate of drug-likeness (QED) is 0.801. The molecule has 0 heterocycles. The number of ether oxygens (including phenoxy) is 1. The van der Waals surface area contributed by atoms with Crippen LogP contribution in [0, 0.1) is 0 Å². The Hall–Kier alpha value is -2.82. The predicted octanol–water partition coefficient (Wildman–Crippen LogP) is 4.09. The van der Waals surface area contributed by atoms with Gasteiger partial charge in [-0.25, -0.2) is 0 Å². The highest BCUT2D eigenvalue weighted by molar-refractivity contribution is 5.97. The molecule has 0 aliphatic rings. The molecule has 1 N–H and O–H groups in total. The molecule has 0 radical (unpaired) electrons. The Balaban J connectivity index is 1.93. The van der Waals surface area contributed by atoms with Crippen molar-refractivity contribution in [2.24, 2.45) is 0 Å². The van der Waals surface area contributed by atoms with Crippen LogP contribution in [-0.4, -0.2) is 37.4 Å². The molecular weight excluding hydrogens is 340 g/mol. The third-order valence-corrected chi connectivity index (χ3v) is 4.69. The Labute approximate surface area is 161 Å². The number of hydrogen-bond acceptors (Lipinski definition) is 3. The first kappa shape index (κ1) is 20.5. The summed E-state index contributed by atoms with van der Waals surface area (Å²) in [6.07, 6.45) is 1.05. The number of rotatable bonds is 7. The van der Waals surface area contributed by atoms with Crippen molar-refractivity contribution in [2.75, 3.05) is 26.0 Å². The number of nitrogens with zero attached hydrogens (tertiary/aromatic N) is 1. The molecule has 0 atom stereocenters. The molecule has 0 unspecified atom stereocenters. The molecule has 5 heteroatoms. The number of amides is 2. The summed E-state index contributed by atoms with van der Waals surface area (Å²) < 4.78 is 5.57. The van der Waals surface area contributed by atoms with Crippen LogP contribution in [0.4, 0.5) is 5.69 Å². The SMILES string of the molecule is CCC(C)(C)c1ccc(OCC(=O)Nc2cccc(C(=O)N(C)C)c2)cc1. The highest BCUT2D eigenvalue weighted by Crippen LogP contribution is 2.28. The highest BCUT2D eigenvalue weighted by atomic mass is 16.5. The van der Waals surface area contributed by atoms with Gasteiger partial charge in [0.05, 0.1) is 0 Å². The topological polar surface area (TPSA) is 58.6 Å². The van der Waals surface area contributed by atoms with Crippen LogP contribution in [0.3, 0.4) is 0 Å². The second-order valence-corrected chi connectivity index (χ2v) is 7.38. The average Bonchev–Trinajstić information content (AvgIpc) is 2.66. The van der Waals surface area contributed by atoms with E-state index in [1.54, 1.807) is 38.4 Å². The van der Waals surface area contributed by atoms with E-state index in [2.05, 4.69) is 26.1 Å². The number of benzene rings is 2. The molecule has 0 aromatic heterocycles. The van der Waals surface area contributed by atoms with Gasteiger partial charge in [-0.3, -0.25) is 9.59 Å². The Kier molecular flexibility index (Phi) is 6.61. The fourth-order valence-corrected chi connectivity index (χ4v) is 2.54. The van der Waals surface area contributed by atoms with Crippen LogP contribution in [0.2, 0.25) is 0 Å². The predicted molar refractivity (Wildman–Crippen MR) is 108 cm³/mol. The van der Waals surface area contributed by atoms with Crippen LogP contribution in [0.15, 0.2) is 48.5 Å². The van der Waals surface area contributed by atoms with Gasteiger partial charge in [-0.2, -0.15) is 0 Å². The molecule has 2 aromatic rings. The number of anilines is 1. The van der Waals surface area contributed by atoms with Crippen molar-refractivity contribution in [3.05, 3.63) is 59.7 Å². The van der Waals surface area contributed by atoms with Gasteiger partial charge in [0.2, 0.25) is 0 Å². The first-order chi connectivity index (χ1) is 12.7. The zero-order valence-electron chi connectivity index (χ0n) is 16.7. The molecule has 0 saturated carbocycles. The van der Waals surface area contributed by atoms with Crippen molar-refractivity contribution in [1.82, 2.24) is 4.90 Å². The summed E-state index contributed by atoms with van der Waals surface area (Å²) in [6.45, 7) is 6.47. The van der Waals surface area contributed by atoms with Crippen LogP contribution < -0.4 is 10.1 Å². The van der Waals surface area contributed by atoms with Crippen LogP contribution >= 0.6 is 0 Å². The van der Waals surface area contributed by atoms with E-state index in [0.717, 1.165) is 6.42 Å². The average molecular weight is 368 g/mol. The lowest BCUT2D eigenvalue weighted by atomic mass is 9.82. The Morgan fingerprint density at radius 3 is 2.33 bits per heavy atom. The summed E-state index contributed by atoms with van der Waals surface area (Å²) in [6, 6.07) is 14.7. The van der Waals surface area contributed by atoms with E-state index in [1.165, 1.54) is 10.5 Å². The van der Waals surface area contributed by atoms with Gasteiger partial charge in [0, 0.05) is 25.3 Å². The second-order valence-electron chi connectivity index (χ2n) is 7.38. The molecule has 27 heavy (non-hydrogen) atoms. The van der Waals surface area contributed by atoms with Crippen molar-refractivity contribution >= 4 is 17.5 Å². The second kappa shape index (κ2) is 8.71. The van der Waals surface area contributed by atoms with Crippen LogP contribution in [0.5, 0.6) is 5.75 Å². The van der Waals surface area contributed by atoms with Gasteiger partial charge in [0.25, 0.3) is 11.8 Å². The molecule has 0 fully saturated rings. The molecule has 5 nitrogen and oxygen atoms in total. The lowest BCUT2D eigenvalue weighted by molar-refractivity contribution is -0.118. The summed E-state index contributed by atoms with van der Waals surface area (Å²) >= 11 is 0. The van der Waals surface area contributed by atoms with Gasteiger partial charge >= 0.3 is 0 Å². The summed E-state index contributed by atoms with van der Waals surface area (Å²) in [5.74, 6) is 0.261. The van der Waals surface area contributed by atoms with E-state index in [0.29, 0.717) is 17.0 Å². The first-order valence-electron chi connectivity index (χ1n) is 9.08. The van der Waals surface area contributed by atoms with Crippen LogP contribution in [0.25, 0.3) is 0 Å². The van der Waals surface area contributed by atoms with Gasteiger partial charge < -0.3 is 15.0 Å². The standard InChI is InChI=1S/C22H28N2O3/c1-6-22(2,3)17-10-12-19(13-11-17)27-15-20(25)23-18-9-7-8-16(14-18)21(26)24(4)5/h7-14H,6,15H2,1-5H3,(H,23,25). The van der Waals surface area contributed by atoms with E-state index in [9.17, 15) is 9.59 Å². The molecule has 0 saturated heterocycles. The largest absolute Gasteiger partial charge is 0.484 e. The number of carbonyl (C=O) groups excluding carboxylic acids is 2. The molecule has 2 rings (SSSR count). The maximum absolute atomic E-state index is 12.1. The van der Waals surface area contributed by atoms with E-state index in [4.69, 9.17) is 4.74 Å². The van der Waals surface area contributed by atoms with Gasteiger partial charge in [0.15, 0.2) is 6.61 Å². The minimum Gasteiger partial charge on any atom is -0.484 e. The monoisotopic (exact) mass is 368 g/mol. The van der Waals surface area contributed by atoms with Gasteiger partial charge in [0.1, 0.15) is 5.75 Å².